The van der Waals surface area contributed by atoms with E-state index in [4.69, 9.17) is 14.6 Å². The van der Waals surface area contributed by atoms with Gasteiger partial charge < -0.3 is 25.2 Å². The molecular weight excluding hydrogens is 360 g/mol. The molecule has 2 aliphatic rings. The standard InChI is InChI=1S/C21H30N2O5/c1-14-4-5-16(19(11-14)28-13-18-3-2-10-27-18)12-22-21(26)23-17-8-6-15(7-9-17)20(24)25/h4-5,11,15,17-18H,2-3,6-10,12-13H2,1H3,(H,24,25)(H2,22,23,26). The van der Waals surface area contributed by atoms with Crippen LogP contribution in [0.15, 0.2) is 18.2 Å². The molecule has 1 aromatic rings. The first-order chi connectivity index (χ1) is 13.5. The largest absolute Gasteiger partial charge is 0.491 e. The fourth-order valence-electron chi connectivity index (χ4n) is 3.80. The van der Waals surface area contributed by atoms with Crippen LogP contribution < -0.4 is 15.4 Å². The molecular formula is C21H30N2O5. The zero-order valence-corrected chi connectivity index (χ0v) is 16.4. The molecule has 1 aliphatic carbocycles. The Morgan fingerprint density at radius 1 is 1.21 bits per heavy atom. The molecule has 1 saturated carbocycles. The van der Waals surface area contributed by atoms with Gasteiger partial charge in [0, 0.05) is 24.8 Å². The number of aliphatic carboxylic acids is 1. The molecule has 154 valence electrons. The summed E-state index contributed by atoms with van der Waals surface area (Å²) in [4.78, 5) is 23.3. The Morgan fingerprint density at radius 2 is 2.00 bits per heavy atom. The van der Waals surface area contributed by atoms with Crippen molar-refractivity contribution in [2.45, 2.75) is 64.1 Å². The van der Waals surface area contributed by atoms with E-state index in [1.807, 2.05) is 25.1 Å². The average Bonchev–Trinajstić information content (AvgIpc) is 3.19. The molecule has 1 unspecified atom stereocenters. The number of carboxylic acid groups (broad SMARTS) is 1. The second kappa shape index (κ2) is 9.78. The molecule has 2 fully saturated rings. The van der Waals surface area contributed by atoms with E-state index in [1.165, 1.54) is 0 Å². The molecule has 1 aromatic carbocycles. The number of hydrogen-bond donors (Lipinski definition) is 3. The molecule has 0 bridgehead atoms. The summed E-state index contributed by atoms with van der Waals surface area (Å²) < 4.78 is 11.6. The maximum absolute atomic E-state index is 12.2. The fraction of sp³-hybridized carbons (Fsp3) is 0.619. The van der Waals surface area contributed by atoms with Gasteiger partial charge in [-0.25, -0.2) is 4.79 Å². The molecule has 0 aromatic heterocycles. The lowest BCUT2D eigenvalue weighted by Crippen LogP contribution is -2.43. The third-order valence-corrected chi connectivity index (χ3v) is 5.52. The predicted octanol–water partition coefficient (Wildman–Crippen LogP) is 3.00. The third kappa shape index (κ3) is 5.86. The summed E-state index contributed by atoms with van der Waals surface area (Å²) in [6.45, 7) is 3.70. The summed E-state index contributed by atoms with van der Waals surface area (Å²) >= 11 is 0. The fourth-order valence-corrected chi connectivity index (χ4v) is 3.80. The van der Waals surface area contributed by atoms with Gasteiger partial charge >= 0.3 is 12.0 Å². The van der Waals surface area contributed by atoms with Gasteiger partial charge in [-0.3, -0.25) is 4.79 Å². The Hall–Kier alpha value is -2.28. The number of aryl methyl sites for hydroxylation is 1. The van der Waals surface area contributed by atoms with Gasteiger partial charge in [0.2, 0.25) is 0 Å². The normalized spacial score (nSPS) is 24.5. The highest BCUT2D eigenvalue weighted by molar-refractivity contribution is 5.74. The first-order valence-electron chi connectivity index (χ1n) is 10.1. The first kappa shape index (κ1) is 20.5. The van der Waals surface area contributed by atoms with Crippen molar-refractivity contribution in [2.24, 2.45) is 5.92 Å². The molecule has 3 rings (SSSR count). The monoisotopic (exact) mass is 390 g/mol. The van der Waals surface area contributed by atoms with E-state index in [2.05, 4.69) is 10.6 Å². The SMILES string of the molecule is Cc1ccc(CNC(=O)NC2CCC(C(=O)O)CC2)c(OCC2CCCO2)c1. The quantitative estimate of drug-likeness (QED) is 0.665. The van der Waals surface area contributed by atoms with Crippen LogP contribution in [0.5, 0.6) is 5.75 Å². The zero-order chi connectivity index (χ0) is 19.9. The summed E-state index contributed by atoms with van der Waals surface area (Å²) in [6.07, 6.45) is 4.86. The zero-order valence-electron chi connectivity index (χ0n) is 16.4. The highest BCUT2D eigenvalue weighted by Gasteiger charge is 2.26. The molecule has 1 aliphatic heterocycles. The molecule has 7 heteroatoms. The van der Waals surface area contributed by atoms with Crippen molar-refractivity contribution in [1.82, 2.24) is 10.6 Å². The molecule has 0 spiro atoms. The summed E-state index contributed by atoms with van der Waals surface area (Å²) in [6, 6.07) is 5.75. The van der Waals surface area contributed by atoms with Gasteiger partial charge in [0.25, 0.3) is 0 Å². The van der Waals surface area contributed by atoms with Crippen LogP contribution in [-0.2, 0) is 16.1 Å². The van der Waals surface area contributed by atoms with Crippen LogP contribution in [-0.4, -0.2) is 42.5 Å². The Bertz CT molecular complexity index is 679. The lowest BCUT2D eigenvalue weighted by molar-refractivity contribution is -0.142. The van der Waals surface area contributed by atoms with Crippen LogP contribution in [0, 0.1) is 12.8 Å². The Morgan fingerprint density at radius 3 is 2.68 bits per heavy atom. The summed E-state index contributed by atoms with van der Waals surface area (Å²) in [5.41, 5.74) is 2.03. The van der Waals surface area contributed by atoms with Gasteiger partial charge in [-0.2, -0.15) is 0 Å². The van der Waals surface area contributed by atoms with Crippen LogP contribution in [0.4, 0.5) is 4.79 Å². The van der Waals surface area contributed by atoms with Crippen LogP contribution in [0.2, 0.25) is 0 Å². The summed E-state index contributed by atoms with van der Waals surface area (Å²) in [5.74, 6) is -0.243. The van der Waals surface area contributed by atoms with Crippen molar-refractivity contribution < 1.29 is 24.2 Å². The summed E-state index contributed by atoms with van der Waals surface area (Å²) in [7, 11) is 0. The van der Waals surface area contributed by atoms with Gasteiger partial charge in [-0.15, -0.1) is 0 Å². The van der Waals surface area contributed by atoms with E-state index in [1.54, 1.807) is 0 Å². The van der Waals surface area contributed by atoms with E-state index < -0.39 is 5.97 Å². The van der Waals surface area contributed by atoms with Gasteiger partial charge in [0.15, 0.2) is 0 Å². The summed E-state index contributed by atoms with van der Waals surface area (Å²) in [5, 5.41) is 14.9. The third-order valence-electron chi connectivity index (χ3n) is 5.52. The van der Waals surface area contributed by atoms with Crippen molar-refractivity contribution >= 4 is 12.0 Å². The lowest BCUT2D eigenvalue weighted by Gasteiger charge is -2.26. The van der Waals surface area contributed by atoms with Crippen molar-refractivity contribution in [3.8, 4) is 5.75 Å². The number of carboxylic acids is 1. The molecule has 0 radical (unpaired) electrons. The van der Waals surface area contributed by atoms with E-state index in [9.17, 15) is 9.59 Å². The number of hydrogen-bond acceptors (Lipinski definition) is 4. The number of rotatable bonds is 7. The Labute approximate surface area is 165 Å². The van der Waals surface area contributed by atoms with Crippen LogP contribution in [0.1, 0.15) is 49.7 Å². The maximum Gasteiger partial charge on any atom is 0.315 e. The number of benzene rings is 1. The topological polar surface area (TPSA) is 96.9 Å². The Balaban J connectivity index is 1.46. The smallest absolute Gasteiger partial charge is 0.315 e. The second-order valence-electron chi connectivity index (χ2n) is 7.77. The average molecular weight is 390 g/mol. The van der Waals surface area contributed by atoms with Crippen molar-refractivity contribution in [3.63, 3.8) is 0 Å². The van der Waals surface area contributed by atoms with Crippen molar-refractivity contribution in [3.05, 3.63) is 29.3 Å². The Kier molecular flexibility index (Phi) is 7.14. The molecule has 2 amide bonds. The van der Waals surface area contributed by atoms with Gasteiger partial charge in [-0.1, -0.05) is 12.1 Å². The molecule has 1 saturated heterocycles. The second-order valence-corrected chi connectivity index (χ2v) is 7.77. The number of amides is 2. The number of carbonyl (C=O) groups excluding carboxylic acids is 1. The van der Waals surface area contributed by atoms with E-state index in [-0.39, 0.29) is 24.1 Å². The predicted molar refractivity (Wildman–Crippen MR) is 104 cm³/mol. The molecule has 28 heavy (non-hydrogen) atoms. The minimum Gasteiger partial charge on any atom is -0.491 e. The number of carbonyl (C=O) groups is 2. The maximum atomic E-state index is 12.2. The van der Waals surface area contributed by atoms with Gasteiger partial charge in [0.1, 0.15) is 12.4 Å². The molecule has 3 N–H and O–H groups in total. The van der Waals surface area contributed by atoms with Gasteiger partial charge in [-0.05, 0) is 57.1 Å². The molecule has 1 atom stereocenters. The van der Waals surface area contributed by atoms with Crippen molar-refractivity contribution in [2.75, 3.05) is 13.2 Å². The van der Waals surface area contributed by atoms with Crippen LogP contribution >= 0.6 is 0 Å². The number of nitrogens with one attached hydrogen (secondary N) is 2. The minimum absolute atomic E-state index is 0.0313. The highest BCUT2D eigenvalue weighted by Crippen LogP contribution is 2.25. The molecule has 1 heterocycles. The van der Waals surface area contributed by atoms with E-state index in [0.717, 1.165) is 36.3 Å². The lowest BCUT2D eigenvalue weighted by atomic mass is 9.86. The first-order valence-corrected chi connectivity index (χ1v) is 10.1. The minimum atomic E-state index is -0.738. The van der Waals surface area contributed by atoms with Crippen LogP contribution in [0.25, 0.3) is 0 Å². The molecule has 7 nitrogen and oxygen atoms in total. The van der Waals surface area contributed by atoms with Crippen LogP contribution in [0.3, 0.4) is 0 Å². The number of urea groups is 1. The highest BCUT2D eigenvalue weighted by atomic mass is 16.5. The number of ether oxygens (including phenoxy) is 2. The van der Waals surface area contributed by atoms with E-state index >= 15 is 0 Å². The van der Waals surface area contributed by atoms with E-state index in [0.29, 0.717) is 38.8 Å². The van der Waals surface area contributed by atoms with Crippen molar-refractivity contribution in [1.29, 1.82) is 0 Å². The van der Waals surface area contributed by atoms with Gasteiger partial charge in [0.05, 0.1) is 12.0 Å².